The van der Waals surface area contributed by atoms with Gasteiger partial charge in [0.1, 0.15) is 36.3 Å². The molecule has 2 amide bonds. The van der Waals surface area contributed by atoms with E-state index in [1.807, 2.05) is 6.92 Å². The molecule has 1 saturated heterocycles. The first kappa shape index (κ1) is 67.8. The summed E-state index contributed by atoms with van der Waals surface area (Å²) in [4.78, 5) is 89.5. The molecule has 10 atom stereocenters. The fraction of sp³-hybridized carbons (Fsp3) is 0.833. The number of nitrogens with zero attached hydrogens (tertiary/aromatic N) is 4. The fourth-order valence-corrected chi connectivity index (χ4v) is 12.7. The molecule has 3 rings (SSSR count). The van der Waals surface area contributed by atoms with Crippen molar-refractivity contribution in [3.63, 3.8) is 0 Å². The van der Waals surface area contributed by atoms with Crippen LogP contribution in [0.15, 0.2) is 12.7 Å². The SMILES string of the molecule is CCCCCCCCCCCCCCCCCC[C@H](C)C[C@H](C)C[C@H](C)C(=O)SCCNC(=O)CCNC(=O)[C@H](O)C(C)(C)COP(=O)(O)OP(=O)(O)OC[C@H]1O[C@@H](n2cnc3c(N)ncnc32)[C@H](O)[C@@H]1OP(=O)(O)O. The first-order valence-electron chi connectivity index (χ1n) is 26.8. The summed E-state index contributed by atoms with van der Waals surface area (Å²) in [5, 5.41) is 26.8. The third-order valence-electron chi connectivity index (χ3n) is 13.3. The first-order chi connectivity index (χ1) is 35.8. The standard InChI is InChI=1S/C48H88N7O17P3S/c1-7-8-9-10-11-12-13-14-15-16-17-18-19-20-21-22-23-34(2)28-35(3)29-36(4)47(60)76-27-26-50-38(56)24-25-51-45(59)42(58)48(5,6)31-69-75(66,67)72-74(64,65)68-30-37-41(71-73(61,62)63)40(57)46(70-37)55-33-54-39-43(49)52-32-53-44(39)55/h32-37,40-42,46,57-58H,7-31H2,1-6H3,(H,50,56)(H,51,59)(H,64,65)(H,66,67)(H2,49,52,53)(H2,61,62,63)/t34-,35-,36-,37+,40+,41+,42-,46+/m0/s1. The molecule has 0 spiro atoms. The van der Waals surface area contributed by atoms with Crippen LogP contribution in [-0.2, 0) is 50.7 Å². The van der Waals surface area contributed by atoms with Gasteiger partial charge in [-0.3, -0.25) is 32.5 Å². The van der Waals surface area contributed by atoms with Gasteiger partial charge in [0.15, 0.2) is 22.8 Å². The van der Waals surface area contributed by atoms with E-state index in [1.54, 1.807) is 0 Å². The average molecular weight is 1160 g/mol. The number of unbranched alkanes of at least 4 members (excludes halogenated alkanes) is 15. The van der Waals surface area contributed by atoms with Crippen LogP contribution in [0, 0.1) is 23.2 Å². The molecule has 28 heteroatoms. The maximum Gasteiger partial charge on any atom is 0.481 e. The molecule has 2 aromatic heterocycles. The number of nitrogens with one attached hydrogen (secondary N) is 2. The molecule has 0 radical (unpaired) electrons. The van der Waals surface area contributed by atoms with E-state index in [0.717, 1.165) is 30.1 Å². The lowest BCUT2D eigenvalue weighted by Crippen LogP contribution is -2.46. The van der Waals surface area contributed by atoms with Crippen LogP contribution in [0.25, 0.3) is 11.2 Å². The molecule has 2 unspecified atom stereocenters. The summed E-state index contributed by atoms with van der Waals surface area (Å²) in [6.45, 7) is 9.29. The molecule has 2 aromatic rings. The highest BCUT2D eigenvalue weighted by Gasteiger charge is 2.50. The molecule has 24 nitrogen and oxygen atoms in total. The van der Waals surface area contributed by atoms with Gasteiger partial charge in [-0.1, -0.05) is 162 Å². The largest absolute Gasteiger partial charge is 0.481 e. The van der Waals surface area contributed by atoms with Crippen molar-refractivity contribution in [3.05, 3.63) is 12.7 Å². The topological polar surface area (TPSA) is 364 Å². The van der Waals surface area contributed by atoms with Crippen LogP contribution in [-0.4, -0.2) is 123 Å². The van der Waals surface area contributed by atoms with Crippen LogP contribution in [0.4, 0.5) is 5.82 Å². The molecule has 0 aliphatic carbocycles. The number of amides is 2. The van der Waals surface area contributed by atoms with Crippen LogP contribution in [0.5, 0.6) is 0 Å². The Morgan fingerprint density at radius 2 is 1.39 bits per heavy atom. The first-order valence-corrected chi connectivity index (χ1v) is 32.3. The molecular formula is C48H88N7O17P3S. The second-order valence-electron chi connectivity index (χ2n) is 20.9. The Kier molecular flexibility index (Phi) is 30.3. The number of nitrogens with two attached hydrogens (primary N) is 1. The Bertz CT molecular complexity index is 2210. The maximum absolute atomic E-state index is 12.9. The fourth-order valence-electron chi connectivity index (χ4n) is 9.07. The lowest BCUT2D eigenvalue weighted by Gasteiger charge is -2.30. The van der Waals surface area contributed by atoms with Crippen LogP contribution < -0.4 is 16.4 Å². The summed E-state index contributed by atoms with van der Waals surface area (Å²) in [6, 6.07) is 0. The molecule has 10 N–H and O–H groups in total. The lowest BCUT2D eigenvalue weighted by atomic mass is 9.87. The summed E-state index contributed by atoms with van der Waals surface area (Å²) >= 11 is 1.17. The van der Waals surface area contributed by atoms with E-state index in [-0.39, 0.29) is 47.5 Å². The minimum absolute atomic E-state index is 0.0340. The van der Waals surface area contributed by atoms with Crippen molar-refractivity contribution in [1.82, 2.24) is 30.2 Å². The Morgan fingerprint density at radius 3 is 1.99 bits per heavy atom. The van der Waals surface area contributed by atoms with Crippen molar-refractivity contribution >= 4 is 69.1 Å². The van der Waals surface area contributed by atoms with Gasteiger partial charge in [-0.05, 0) is 24.7 Å². The zero-order chi connectivity index (χ0) is 56.5. The number of phosphoric acid groups is 3. The van der Waals surface area contributed by atoms with Crippen molar-refractivity contribution in [1.29, 1.82) is 0 Å². The summed E-state index contributed by atoms with van der Waals surface area (Å²) in [6.07, 6.45) is 18.0. The van der Waals surface area contributed by atoms with E-state index >= 15 is 0 Å². The Morgan fingerprint density at radius 1 is 0.816 bits per heavy atom. The predicted octanol–water partition coefficient (Wildman–Crippen LogP) is 8.00. The number of carbonyl (C=O) groups excluding carboxylic acids is 3. The van der Waals surface area contributed by atoms with E-state index in [9.17, 15) is 57.9 Å². The van der Waals surface area contributed by atoms with E-state index in [2.05, 4.69) is 55.2 Å². The zero-order valence-corrected chi connectivity index (χ0v) is 48.7. The quantitative estimate of drug-likeness (QED) is 0.0225. The second kappa shape index (κ2) is 34.0. The molecule has 1 aliphatic rings. The number of phosphoric ester groups is 3. The van der Waals surface area contributed by atoms with Crippen molar-refractivity contribution < 1.29 is 80.5 Å². The van der Waals surface area contributed by atoms with Gasteiger partial charge in [0.05, 0.1) is 19.5 Å². The van der Waals surface area contributed by atoms with E-state index in [4.69, 9.17) is 19.5 Å². The highest BCUT2D eigenvalue weighted by atomic mass is 32.2. The van der Waals surface area contributed by atoms with Gasteiger partial charge < -0.3 is 50.9 Å². The van der Waals surface area contributed by atoms with Gasteiger partial charge in [-0.15, -0.1) is 0 Å². The Balaban J connectivity index is 1.27. The predicted molar refractivity (Wildman–Crippen MR) is 288 cm³/mol. The number of ether oxygens (including phenoxy) is 1. The molecule has 1 aliphatic heterocycles. The van der Waals surface area contributed by atoms with Gasteiger partial charge in [0.25, 0.3) is 0 Å². The number of imidazole rings is 1. The smallest absolute Gasteiger partial charge is 0.386 e. The molecular weight excluding hydrogens is 1070 g/mol. The van der Waals surface area contributed by atoms with Crippen molar-refractivity contribution in [2.45, 2.75) is 201 Å². The molecule has 0 saturated carbocycles. The van der Waals surface area contributed by atoms with Crippen LogP contribution >= 0.6 is 35.2 Å². The number of aliphatic hydroxyl groups excluding tert-OH is 2. The van der Waals surface area contributed by atoms with E-state index in [1.165, 1.54) is 135 Å². The number of fused-ring (bicyclic) bond motifs is 1. The van der Waals surface area contributed by atoms with Crippen LogP contribution in [0.3, 0.4) is 0 Å². The number of hydrogen-bond donors (Lipinski definition) is 9. The summed E-state index contributed by atoms with van der Waals surface area (Å²) < 4.78 is 62.7. The number of rotatable bonds is 41. The molecule has 0 aromatic carbocycles. The minimum atomic E-state index is -5.58. The maximum atomic E-state index is 12.9. The van der Waals surface area contributed by atoms with Gasteiger partial charge in [0.2, 0.25) is 11.8 Å². The third-order valence-corrected chi connectivity index (χ3v) is 17.5. The van der Waals surface area contributed by atoms with Gasteiger partial charge in [0, 0.05) is 36.6 Å². The zero-order valence-electron chi connectivity index (χ0n) is 45.2. The van der Waals surface area contributed by atoms with Crippen LogP contribution in [0.1, 0.15) is 176 Å². The summed E-state index contributed by atoms with van der Waals surface area (Å²) in [5.41, 5.74) is 4.30. The van der Waals surface area contributed by atoms with Crippen molar-refractivity contribution in [2.75, 3.05) is 37.8 Å². The Labute approximate surface area is 452 Å². The molecule has 438 valence electrons. The van der Waals surface area contributed by atoms with Crippen LogP contribution in [0.2, 0.25) is 0 Å². The second-order valence-corrected chi connectivity index (χ2v) is 26.2. The average Bonchev–Trinajstić information content (AvgIpc) is 3.90. The Hall–Kier alpha value is -2.44. The lowest BCUT2D eigenvalue weighted by molar-refractivity contribution is -0.137. The number of hydrogen-bond acceptors (Lipinski definition) is 18. The van der Waals surface area contributed by atoms with Gasteiger partial charge in [-0.2, -0.15) is 4.31 Å². The minimum Gasteiger partial charge on any atom is -0.386 e. The molecule has 76 heavy (non-hydrogen) atoms. The van der Waals surface area contributed by atoms with Gasteiger partial charge >= 0.3 is 23.5 Å². The van der Waals surface area contributed by atoms with E-state index < -0.39 is 84.6 Å². The molecule has 1 fully saturated rings. The number of anilines is 1. The van der Waals surface area contributed by atoms with Gasteiger partial charge in [-0.25, -0.2) is 28.6 Å². The third kappa shape index (κ3) is 25.8. The normalized spacial score (nSPS) is 20.4. The number of aromatic nitrogens is 4. The van der Waals surface area contributed by atoms with Crippen molar-refractivity contribution in [2.24, 2.45) is 23.2 Å². The molecule has 0 bridgehead atoms. The number of carbonyl (C=O) groups is 3. The highest BCUT2D eigenvalue weighted by Crippen LogP contribution is 2.61. The number of thioether (sulfide) groups is 1. The van der Waals surface area contributed by atoms with Crippen molar-refractivity contribution in [3.8, 4) is 0 Å². The summed E-state index contributed by atoms with van der Waals surface area (Å²) in [5.74, 6) is -0.119. The number of aliphatic hydroxyl groups is 2. The monoisotopic (exact) mass is 1160 g/mol. The summed E-state index contributed by atoms with van der Waals surface area (Å²) in [7, 11) is -16.4. The van der Waals surface area contributed by atoms with E-state index in [0.29, 0.717) is 17.6 Å². The highest BCUT2D eigenvalue weighted by molar-refractivity contribution is 8.13. The number of nitrogen functional groups attached to an aromatic ring is 1. The molecule has 3 heterocycles.